The Morgan fingerprint density at radius 2 is 1.41 bits per heavy atom. The summed E-state index contributed by atoms with van der Waals surface area (Å²) >= 11 is 0. The maximum Gasteiger partial charge on any atom is 0.277 e. The lowest BCUT2D eigenvalue weighted by Gasteiger charge is -2.13. The molecule has 0 aliphatic rings. The van der Waals surface area contributed by atoms with E-state index in [2.05, 4.69) is 30.8 Å². The molecule has 0 aliphatic carbocycles. The number of carbonyl (C=O) groups excluding carboxylic acids is 2. The predicted octanol–water partition coefficient (Wildman–Crippen LogP) is 1.18. The van der Waals surface area contributed by atoms with Crippen LogP contribution in [0.15, 0.2) is 48.5 Å². The molecule has 2 aromatic carbocycles. The Hall–Kier alpha value is -4.32. The number of amides is 1. The molecule has 34 heavy (non-hydrogen) atoms. The van der Waals surface area contributed by atoms with Gasteiger partial charge in [0.25, 0.3) is 5.91 Å². The van der Waals surface area contributed by atoms with Crippen LogP contribution >= 0.6 is 0 Å². The number of nitrogens with zero attached hydrogens (tertiary/aromatic N) is 9. The van der Waals surface area contributed by atoms with E-state index in [0.29, 0.717) is 35.9 Å². The van der Waals surface area contributed by atoms with Crippen molar-refractivity contribution in [2.45, 2.75) is 26.4 Å². The third-order valence-corrected chi connectivity index (χ3v) is 5.02. The molecule has 0 atom stereocenters. The molecular weight excluding hydrogens is 438 g/mol. The van der Waals surface area contributed by atoms with Crippen LogP contribution in [0.3, 0.4) is 0 Å². The van der Waals surface area contributed by atoms with Gasteiger partial charge in [0.2, 0.25) is 0 Å². The first-order valence-electron chi connectivity index (χ1n) is 10.5. The van der Waals surface area contributed by atoms with Gasteiger partial charge in [0.1, 0.15) is 0 Å². The number of ketones is 1. The molecule has 2 aromatic heterocycles. The predicted molar refractivity (Wildman–Crippen MR) is 119 cm³/mol. The first-order chi connectivity index (χ1) is 16.4. The van der Waals surface area contributed by atoms with Gasteiger partial charge in [-0.05, 0) is 46.7 Å². The van der Waals surface area contributed by atoms with E-state index in [-0.39, 0.29) is 18.1 Å². The molecule has 0 fully saturated rings. The maximum atomic E-state index is 12.3. The van der Waals surface area contributed by atoms with Crippen molar-refractivity contribution in [1.82, 2.24) is 45.5 Å². The summed E-state index contributed by atoms with van der Waals surface area (Å²) in [5.41, 5.74) is 2.88. The molecule has 0 unspecified atom stereocenters. The lowest BCUT2D eigenvalue weighted by molar-refractivity contribution is -0.0757. The summed E-state index contributed by atoms with van der Waals surface area (Å²) in [5, 5.41) is 26.2. The van der Waals surface area contributed by atoms with E-state index in [0.717, 1.165) is 16.2 Å². The number of tetrazole rings is 2. The molecule has 0 saturated heterocycles. The number of benzene rings is 2. The van der Waals surface area contributed by atoms with Gasteiger partial charge in [0, 0.05) is 18.2 Å². The van der Waals surface area contributed by atoms with Crippen molar-refractivity contribution < 1.29 is 14.4 Å². The summed E-state index contributed by atoms with van der Waals surface area (Å²) in [5.74, 6) is 0.657. The highest BCUT2D eigenvalue weighted by Crippen LogP contribution is 2.10. The monoisotopic (exact) mass is 461 g/mol. The molecule has 12 heteroatoms. The lowest BCUT2D eigenvalue weighted by atomic mass is 10.1. The Morgan fingerprint density at radius 1 is 0.882 bits per heavy atom. The van der Waals surface area contributed by atoms with Crippen LogP contribution in [0, 0.1) is 0 Å². The van der Waals surface area contributed by atoms with E-state index in [1.165, 1.54) is 23.6 Å². The number of Topliss-reactive ketones (excluding diaryl/α,β-unsaturated/α-hetero) is 1. The van der Waals surface area contributed by atoms with Crippen LogP contribution in [-0.4, -0.2) is 71.3 Å². The number of hydroxylamine groups is 2. The first kappa shape index (κ1) is 22.9. The van der Waals surface area contributed by atoms with Gasteiger partial charge in [-0.3, -0.25) is 14.4 Å². The van der Waals surface area contributed by atoms with Gasteiger partial charge in [-0.25, -0.2) is 5.06 Å². The van der Waals surface area contributed by atoms with Crippen LogP contribution in [-0.2, 0) is 24.3 Å². The maximum absolute atomic E-state index is 12.3. The fraction of sp³-hybridized carbons (Fsp3) is 0.273. The number of hydrogen-bond acceptors (Lipinski definition) is 9. The Bertz CT molecular complexity index is 1310. The summed E-state index contributed by atoms with van der Waals surface area (Å²) in [4.78, 5) is 31.7. The summed E-state index contributed by atoms with van der Waals surface area (Å²) < 4.78 is 0. The quantitative estimate of drug-likeness (QED) is 0.266. The van der Waals surface area contributed by atoms with Gasteiger partial charge in [-0.1, -0.05) is 30.3 Å². The third-order valence-electron chi connectivity index (χ3n) is 5.02. The van der Waals surface area contributed by atoms with Crippen LogP contribution in [0.2, 0.25) is 0 Å². The Kier molecular flexibility index (Phi) is 6.78. The van der Waals surface area contributed by atoms with Gasteiger partial charge < -0.3 is 0 Å². The molecule has 4 aromatic rings. The second kappa shape index (κ2) is 10.1. The van der Waals surface area contributed by atoms with Gasteiger partial charge in [-0.15, -0.1) is 20.4 Å². The Balaban J connectivity index is 1.38. The van der Waals surface area contributed by atoms with Crippen LogP contribution in [0.5, 0.6) is 0 Å². The van der Waals surface area contributed by atoms with Crippen molar-refractivity contribution in [3.05, 3.63) is 82.4 Å². The van der Waals surface area contributed by atoms with Gasteiger partial charge in [0.15, 0.2) is 17.4 Å². The van der Waals surface area contributed by atoms with Crippen molar-refractivity contribution in [2.24, 2.45) is 0 Å². The standard InChI is InChI=1S/C22H23N9O3/c1-15(32)18-8-4-6-16(10-18)13-30-25-20(23-27-30)12-21-24-28-31(26-21)14-17-7-5-9-19(11-17)22(33)29(2)34-3/h4-11H,12-14H2,1-3H3. The molecule has 174 valence electrons. The minimum absolute atomic E-state index is 0.00360. The van der Waals surface area contributed by atoms with Crippen molar-refractivity contribution in [3.8, 4) is 0 Å². The van der Waals surface area contributed by atoms with Crippen molar-refractivity contribution in [3.63, 3.8) is 0 Å². The van der Waals surface area contributed by atoms with E-state index >= 15 is 0 Å². The fourth-order valence-corrected chi connectivity index (χ4v) is 3.25. The average molecular weight is 461 g/mol. The third kappa shape index (κ3) is 5.53. The molecule has 4 rings (SSSR count). The zero-order chi connectivity index (χ0) is 24.1. The van der Waals surface area contributed by atoms with Crippen LogP contribution in [0.4, 0.5) is 0 Å². The van der Waals surface area contributed by atoms with Crippen molar-refractivity contribution in [1.29, 1.82) is 0 Å². The SMILES string of the molecule is CON(C)C(=O)c1cccc(Cn2nnc(Cc3nnn(Cc4cccc(C(C)=O)c4)n3)n2)c1. The zero-order valence-corrected chi connectivity index (χ0v) is 19.0. The Labute approximate surface area is 195 Å². The normalized spacial score (nSPS) is 10.9. The van der Waals surface area contributed by atoms with E-state index in [9.17, 15) is 9.59 Å². The molecule has 1 amide bonds. The number of hydrogen-bond donors (Lipinski definition) is 0. The number of aromatic nitrogens is 8. The second-order valence-corrected chi connectivity index (χ2v) is 7.59. The van der Waals surface area contributed by atoms with E-state index < -0.39 is 0 Å². The summed E-state index contributed by atoms with van der Waals surface area (Å²) in [6, 6.07) is 14.5. The van der Waals surface area contributed by atoms with Gasteiger partial charge >= 0.3 is 0 Å². The van der Waals surface area contributed by atoms with E-state index in [1.807, 2.05) is 24.3 Å². The average Bonchev–Trinajstić information content (AvgIpc) is 3.47. The van der Waals surface area contributed by atoms with E-state index in [4.69, 9.17) is 4.84 Å². The highest BCUT2D eigenvalue weighted by atomic mass is 16.7. The fourth-order valence-electron chi connectivity index (χ4n) is 3.25. The molecule has 2 heterocycles. The first-order valence-corrected chi connectivity index (χ1v) is 10.5. The zero-order valence-electron chi connectivity index (χ0n) is 19.0. The highest BCUT2D eigenvalue weighted by Gasteiger charge is 2.13. The molecular formula is C22H23N9O3. The highest BCUT2D eigenvalue weighted by molar-refractivity contribution is 5.94. The minimum atomic E-state index is -0.251. The minimum Gasteiger partial charge on any atom is -0.295 e. The summed E-state index contributed by atoms with van der Waals surface area (Å²) in [6.07, 6.45) is 0.268. The molecule has 0 N–H and O–H groups in total. The topological polar surface area (TPSA) is 134 Å². The largest absolute Gasteiger partial charge is 0.295 e. The molecule has 0 saturated carbocycles. The molecule has 0 spiro atoms. The van der Waals surface area contributed by atoms with E-state index in [1.54, 1.807) is 31.3 Å². The van der Waals surface area contributed by atoms with Crippen LogP contribution in [0.25, 0.3) is 0 Å². The van der Waals surface area contributed by atoms with Gasteiger partial charge in [0.05, 0.1) is 26.6 Å². The van der Waals surface area contributed by atoms with Crippen molar-refractivity contribution >= 4 is 11.7 Å². The van der Waals surface area contributed by atoms with Gasteiger partial charge in [-0.2, -0.15) is 9.59 Å². The number of rotatable bonds is 9. The molecule has 0 radical (unpaired) electrons. The number of carbonyl (C=O) groups is 2. The summed E-state index contributed by atoms with van der Waals surface area (Å²) in [6.45, 7) is 2.26. The molecule has 0 bridgehead atoms. The van der Waals surface area contributed by atoms with Crippen LogP contribution < -0.4 is 0 Å². The molecule has 0 aliphatic heterocycles. The Morgan fingerprint density at radius 3 is 1.94 bits per heavy atom. The smallest absolute Gasteiger partial charge is 0.277 e. The molecule has 12 nitrogen and oxygen atoms in total. The second-order valence-electron chi connectivity index (χ2n) is 7.59. The van der Waals surface area contributed by atoms with Crippen molar-refractivity contribution in [2.75, 3.05) is 14.2 Å². The summed E-state index contributed by atoms with van der Waals surface area (Å²) in [7, 11) is 2.98. The van der Waals surface area contributed by atoms with Crippen LogP contribution in [0.1, 0.15) is 50.4 Å². The lowest BCUT2D eigenvalue weighted by Crippen LogP contribution is -2.25.